The molecule has 2 atom stereocenters. The van der Waals surface area contributed by atoms with E-state index in [1.807, 2.05) is 6.92 Å². The predicted octanol–water partition coefficient (Wildman–Crippen LogP) is 5.70. The lowest BCUT2D eigenvalue weighted by Gasteiger charge is -2.22. The lowest BCUT2D eigenvalue weighted by Crippen LogP contribution is -2.25. The number of ether oxygens (including phenoxy) is 2. The summed E-state index contributed by atoms with van der Waals surface area (Å²) in [6.07, 6.45) is 8.24. The SMILES string of the molecule is C/C=C(\CC1=C(C)C(=O)C(OC)=C(OC)C1=O)CC1(C)CC1/C=C(\C)CC(C)C. The molecular formula is C25H36O4. The molecule has 0 spiro atoms. The summed E-state index contributed by atoms with van der Waals surface area (Å²) in [7, 11) is 2.79. The van der Waals surface area contributed by atoms with Gasteiger partial charge in [-0.3, -0.25) is 9.59 Å². The minimum absolute atomic E-state index is 0.000705. The summed E-state index contributed by atoms with van der Waals surface area (Å²) < 4.78 is 10.3. The predicted molar refractivity (Wildman–Crippen MR) is 116 cm³/mol. The van der Waals surface area contributed by atoms with E-state index in [2.05, 4.69) is 39.8 Å². The minimum atomic E-state index is -0.267. The van der Waals surface area contributed by atoms with Gasteiger partial charge in [0.1, 0.15) is 0 Å². The maximum absolute atomic E-state index is 12.9. The molecule has 0 radical (unpaired) electrons. The molecule has 4 heteroatoms. The molecule has 0 aromatic heterocycles. The molecule has 29 heavy (non-hydrogen) atoms. The maximum atomic E-state index is 12.9. The molecule has 2 unspecified atom stereocenters. The van der Waals surface area contributed by atoms with Gasteiger partial charge in [0.05, 0.1) is 14.2 Å². The van der Waals surface area contributed by atoms with E-state index >= 15 is 0 Å². The summed E-state index contributed by atoms with van der Waals surface area (Å²) in [5.74, 6) is 0.761. The van der Waals surface area contributed by atoms with Crippen molar-refractivity contribution in [3.05, 3.63) is 46.0 Å². The highest BCUT2D eigenvalue weighted by atomic mass is 16.5. The molecule has 0 aromatic carbocycles. The molecule has 0 heterocycles. The zero-order valence-electron chi connectivity index (χ0n) is 19.3. The number of methoxy groups -OCH3 is 2. The van der Waals surface area contributed by atoms with Gasteiger partial charge in [-0.1, -0.05) is 44.1 Å². The second kappa shape index (κ2) is 9.15. The first-order chi connectivity index (χ1) is 13.6. The molecule has 0 bridgehead atoms. The lowest BCUT2D eigenvalue weighted by atomic mass is 9.85. The molecule has 0 saturated heterocycles. The molecule has 0 aliphatic heterocycles. The van der Waals surface area contributed by atoms with Gasteiger partial charge >= 0.3 is 0 Å². The molecule has 4 nitrogen and oxygen atoms in total. The molecule has 2 rings (SSSR count). The highest BCUT2D eigenvalue weighted by Gasteiger charge is 2.48. The van der Waals surface area contributed by atoms with Crippen molar-refractivity contribution in [3.8, 4) is 0 Å². The molecule has 2 aliphatic rings. The van der Waals surface area contributed by atoms with Gasteiger partial charge in [-0.2, -0.15) is 0 Å². The van der Waals surface area contributed by atoms with E-state index in [1.54, 1.807) is 6.92 Å². The van der Waals surface area contributed by atoms with Crippen LogP contribution >= 0.6 is 0 Å². The summed E-state index contributed by atoms with van der Waals surface area (Å²) in [4.78, 5) is 25.5. The Labute approximate surface area is 175 Å². The Morgan fingerprint density at radius 3 is 2.28 bits per heavy atom. The summed E-state index contributed by atoms with van der Waals surface area (Å²) in [6, 6.07) is 0. The van der Waals surface area contributed by atoms with Gasteiger partial charge in [-0.05, 0) is 63.7 Å². The Morgan fingerprint density at radius 2 is 1.76 bits per heavy atom. The molecule has 2 aliphatic carbocycles. The van der Waals surface area contributed by atoms with Crippen molar-refractivity contribution in [2.45, 2.75) is 67.2 Å². The van der Waals surface area contributed by atoms with Crippen molar-refractivity contribution in [1.29, 1.82) is 0 Å². The van der Waals surface area contributed by atoms with E-state index in [0.29, 0.717) is 29.4 Å². The van der Waals surface area contributed by atoms with Crippen molar-refractivity contribution in [3.63, 3.8) is 0 Å². The van der Waals surface area contributed by atoms with E-state index in [1.165, 1.54) is 31.8 Å². The van der Waals surface area contributed by atoms with E-state index in [-0.39, 0.29) is 28.5 Å². The van der Waals surface area contributed by atoms with Gasteiger partial charge < -0.3 is 9.47 Å². The van der Waals surface area contributed by atoms with Crippen molar-refractivity contribution in [2.75, 3.05) is 14.2 Å². The average molecular weight is 401 g/mol. The Morgan fingerprint density at radius 1 is 1.17 bits per heavy atom. The van der Waals surface area contributed by atoms with Crippen LogP contribution in [0.2, 0.25) is 0 Å². The van der Waals surface area contributed by atoms with Crippen LogP contribution in [-0.2, 0) is 19.1 Å². The van der Waals surface area contributed by atoms with Gasteiger partial charge in [0.2, 0.25) is 23.1 Å². The Bertz CT molecular complexity index is 807. The summed E-state index contributed by atoms with van der Waals surface area (Å²) in [5, 5.41) is 0. The zero-order chi connectivity index (χ0) is 21.9. The van der Waals surface area contributed by atoms with Crippen LogP contribution in [0.25, 0.3) is 0 Å². The van der Waals surface area contributed by atoms with Crippen molar-refractivity contribution < 1.29 is 19.1 Å². The van der Waals surface area contributed by atoms with Crippen molar-refractivity contribution >= 4 is 11.6 Å². The van der Waals surface area contributed by atoms with Crippen LogP contribution < -0.4 is 0 Å². The lowest BCUT2D eigenvalue weighted by molar-refractivity contribution is -0.121. The van der Waals surface area contributed by atoms with Crippen LogP contribution in [0.3, 0.4) is 0 Å². The quantitative estimate of drug-likeness (QED) is 0.368. The van der Waals surface area contributed by atoms with Crippen LogP contribution in [0.15, 0.2) is 46.0 Å². The Kier molecular flexibility index (Phi) is 7.31. The average Bonchev–Trinajstić information content (AvgIpc) is 3.27. The highest BCUT2D eigenvalue weighted by Crippen LogP contribution is 2.58. The highest BCUT2D eigenvalue weighted by molar-refractivity contribution is 6.23. The van der Waals surface area contributed by atoms with Crippen LogP contribution in [0, 0.1) is 17.3 Å². The van der Waals surface area contributed by atoms with Crippen LogP contribution in [0.4, 0.5) is 0 Å². The molecule has 0 amide bonds. The van der Waals surface area contributed by atoms with Gasteiger partial charge in [0.25, 0.3) is 0 Å². The number of hydrogen-bond acceptors (Lipinski definition) is 4. The van der Waals surface area contributed by atoms with Crippen molar-refractivity contribution in [1.82, 2.24) is 0 Å². The topological polar surface area (TPSA) is 52.6 Å². The third kappa shape index (κ3) is 5.09. The molecular weight excluding hydrogens is 364 g/mol. The Hall–Kier alpha value is -2.10. The molecule has 1 fully saturated rings. The second-order valence-corrected chi connectivity index (χ2v) is 9.20. The normalized spacial score (nSPS) is 25.9. The van der Waals surface area contributed by atoms with Crippen LogP contribution in [0.5, 0.6) is 0 Å². The third-order valence-corrected chi connectivity index (χ3v) is 6.17. The number of allylic oxidation sites excluding steroid dienone is 6. The summed E-state index contributed by atoms with van der Waals surface area (Å²) in [6.45, 7) is 12.7. The van der Waals surface area contributed by atoms with Gasteiger partial charge in [-0.25, -0.2) is 0 Å². The largest absolute Gasteiger partial charge is 0.489 e. The number of hydrogen-bond donors (Lipinski definition) is 0. The first-order valence-corrected chi connectivity index (χ1v) is 10.5. The second-order valence-electron chi connectivity index (χ2n) is 9.20. The van der Waals surface area contributed by atoms with Crippen LogP contribution in [-0.4, -0.2) is 25.8 Å². The van der Waals surface area contributed by atoms with E-state index < -0.39 is 0 Å². The molecule has 0 N–H and O–H groups in total. The fourth-order valence-corrected chi connectivity index (χ4v) is 4.38. The molecule has 1 saturated carbocycles. The molecule has 0 aromatic rings. The number of ketones is 2. The summed E-state index contributed by atoms with van der Waals surface area (Å²) >= 11 is 0. The number of Topliss-reactive ketones (excluding diaryl/α,β-unsaturated/α-hetero) is 2. The fraction of sp³-hybridized carbons (Fsp3) is 0.600. The van der Waals surface area contributed by atoms with Gasteiger partial charge in [0, 0.05) is 11.1 Å². The van der Waals surface area contributed by atoms with E-state index in [9.17, 15) is 9.59 Å². The fourth-order valence-electron chi connectivity index (χ4n) is 4.38. The summed E-state index contributed by atoms with van der Waals surface area (Å²) in [5.41, 5.74) is 3.86. The standard InChI is InChI=1S/C25H36O4/c1-9-18(13-25(6)14-19(25)11-16(4)10-15(2)3)12-20-17(5)21(26)23(28-7)24(29-8)22(20)27/h9,11,15,19H,10,12-14H2,1-8H3/b16-11+,18-9+. The Balaban J connectivity index is 2.14. The third-order valence-electron chi connectivity index (χ3n) is 6.17. The van der Waals surface area contributed by atoms with Crippen molar-refractivity contribution in [2.24, 2.45) is 17.3 Å². The monoisotopic (exact) mass is 400 g/mol. The maximum Gasteiger partial charge on any atom is 0.228 e. The van der Waals surface area contributed by atoms with E-state index in [4.69, 9.17) is 9.47 Å². The minimum Gasteiger partial charge on any atom is -0.489 e. The molecule has 160 valence electrons. The smallest absolute Gasteiger partial charge is 0.228 e. The van der Waals surface area contributed by atoms with Crippen LogP contribution in [0.1, 0.15) is 67.2 Å². The first-order valence-electron chi connectivity index (χ1n) is 10.5. The van der Waals surface area contributed by atoms with Gasteiger partial charge in [-0.15, -0.1) is 0 Å². The number of carbonyl (C=O) groups excluding carboxylic acids is 2. The van der Waals surface area contributed by atoms with Gasteiger partial charge in [0.15, 0.2) is 0 Å². The number of carbonyl (C=O) groups is 2. The van der Waals surface area contributed by atoms with E-state index in [0.717, 1.165) is 12.8 Å². The zero-order valence-corrected chi connectivity index (χ0v) is 19.3. The number of rotatable bonds is 9. The first kappa shape index (κ1) is 23.2.